The summed E-state index contributed by atoms with van der Waals surface area (Å²) >= 11 is 1.81. The molecule has 0 radical (unpaired) electrons. The quantitative estimate of drug-likeness (QED) is 0.0124. The smallest absolute Gasteiger partial charge is 0.246 e. The lowest BCUT2D eigenvalue weighted by atomic mass is 10.1. The molecule has 2 aromatic carbocycles. The number of hydrogen-bond acceptors (Lipinski definition) is 11. The highest BCUT2D eigenvalue weighted by atomic mass is 32.2. The number of hydroxylamine groups is 6. The van der Waals surface area contributed by atoms with Crippen molar-refractivity contribution in [2.45, 2.75) is 147 Å². The average Bonchev–Trinajstić information content (AvgIpc) is 3.69. The molecule has 402 valence electrons. The minimum Gasteiger partial charge on any atom is -0.356 e. The lowest BCUT2D eigenvalue weighted by Crippen LogP contribution is -2.44. The number of hydrogen-bond donors (Lipinski definition) is 5. The number of carbonyl (C=O) groups is 6. The van der Waals surface area contributed by atoms with E-state index in [0.717, 1.165) is 62.6 Å². The Hall–Kier alpha value is -5.40. The molecule has 73 heavy (non-hydrogen) atoms. The topological polar surface area (TPSA) is 204 Å². The van der Waals surface area contributed by atoms with Gasteiger partial charge in [0.15, 0.2) is 12.7 Å². The maximum Gasteiger partial charge on any atom is 0.246 e. The molecule has 18 heteroatoms. The van der Waals surface area contributed by atoms with Crippen LogP contribution in [-0.4, -0.2) is 138 Å². The summed E-state index contributed by atoms with van der Waals surface area (Å²) in [5.41, 5.74) is 3.71. The number of benzene rings is 2. The zero-order valence-electron chi connectivity index (χ0n) is 44.0. The van der Waals surface area contributed by atoms with E-state index in [9.17, 15) is 44.4 Å². The summed E-state index contributed by atoms with van der Waals surface area (Å²) in [6, 6.07) is 19.4. The molecule has 0 saturated carbocycles. The van der Waals surface area contributed by atoms with Crippen molar-refractivity contribution >= 4 is 69.7 Å². The number of para-hydroxylation sites is 2. The van der Waals surface area contributed by atoms with E-state index in [1.807, 2.05) is 11.8 Å². The zero-order valence-corrected chi connectivity index (χ0v) is 44.8. The van der Waals surface area contributed by atoms with Crippen LogP contribution < -0.4 is 20.1 Å². The summed E-state index contributed by atoms with van der Waals surface area (Å²) in [5, 5.41) is 39.7. The number of fused-ring (bicyclic) bond motifs is 2. The molecule has 5 amide bonds. The fourth-order valence-corrected chi connectivity index (χ4v) is 9.85. The molecule has 0 bridgehead atoms. The molecule has 1 aliphatic heterocycles. The fourth-order valence-electron chi connectivity index (χ4n) is 8.75. The normalized spacial score (nSPS) is 12.8. The minimum absolute atomic E-state index is 0.0450. The standard InChI is InChI=1S/C55H82N8O9S/c1-44(64)60(70)37-19-8-16-35-57-52(67)30-32-54(69)62(72)38-18-6-5-10-23-46(65)29-31-53(68)61(71)39-20-9-17-34-56-51(66)28-11-7-21-41-63(3,4)42-22-36-59-40-33-45(47-24-12-13-25-48(47)59)43-55-58(2)49-26-14-15-27-50(49)73-55/h12-15,24-27,33,40,43,70-72H,5-11,16-23,28-32,34-39,41-42H2,1-4H3/p+2. The van der Waals surface area contributed by atoms with E-state index in [1.165, 1.54) is 39.0 Å². The first-order valence-electron chi connectivity index (χ1n) is 26.5. The molecule has 0 saturated heterocycles. The van der Waals surface area contributed by atoms with Gasteiger partial charge in [-0.15, -0.1) is 0 Å². The molecule has 2 heterocycles. The zero-order chi connectivity index (χ0) is 53.0. The first kappa shape index (κ1) is 60.2. The number of pyridine rings is 1. The second-order valence-corrected chi connectivity index (χ2v) is 20.9. The molecule has 17 nitrogen and oxygen atoms in total. The van der Waals surface area contributed by atoms with Crippen molar-refractivity contribution in [3.05, 3.63) is 71.4 Å². The number of aryl methyl sites for hydroxylation is 1. The Kier molecular flexibility index (Phi) is 27.0. The maximum atomic E-state index is 12.5. The van der Waals surface area contributed by atoms with E-state index in [1.54, 1.807) is 0 Å². The van der Waals surface area contributed by atoms with Crippen molar-refractivity contribution in [1.82, 2.24) is 25.8 Å². The molecule has 5 N–H and O–H groups in total. The molecule has 0 atom stereocenters. The Balaban J connectivity index is 0.939. The third-order valence-corrected chi connectivity index (χ3v) is 14.4. The molecule has 0 spiro atoms. The lowest BCUT2D eigenvalue weighted by molar-refractivity contribution is -0.892. The Morgan fingerprint density at radius 1 is 0.616 bits per heavy atom. The number of ketones is 1. The third kappa shape index (κ3) is 22.7. The number of unbranched alkanes of at least 4 members (excludes halogenated alkanes) is 9. The van der Waals surface area contributed by atoms with Gasteiger partial charge in [0.05, 0.1) is 49.7 Å². The number of anilines is 1. The van der Waals surface area contributed by atoms with Crippen LogP contribution in [0.4, 0.5) is 5.69 Å². The third-order valence-electron chi connectivity index (χ3n) is 13.3. The molecule has 0 fully saturated rings. The van der Waals surface area contributed by atoms with Gasteiger partial charge in [-0.3, -0.25) is 44.4 Å². The number of quaternary nitrogens is 1. The van der Waals surface area contributed by atoms with Crippen LogP contribution in [0.1, 0.15) is 141 Å². The summed E-state index contributed by atoms with van der Waals surface area (Å²) in [5.74, 6) is -1.77. The van der Waals surface area contributed by atoms with E-state index in [-0.39, 0.29) is 62.9 Å². The number of thioether (sulfide) groups is 1. The number of amides is 5. The van der Waals surface area contributed by atoms with Crippen molar-refractivity contribution < 1.29 is 53.4 Å². The van der Waals surface area contributed by atoms with Crippen LogP contribution in [-0.2, 0) is 35.3 Å². The summed E-state index contributed by atoms with van der Waals surface area (Å²) in [4.78, 5) is 75.9. The first-order valence-corrected chi connectivity index (χ1v) is 27.3. The van der Waals surface area contributed by atoms with Crippen LogP contribution in [0.15, 0.2) is 70.7 Å². The van der Waals surface area contributed by atoms with Crippen LogP contribution in [0.2, 0.25) is 0 Å². The van der Waals surface area contributed by atoms with Gasteiger partial charge in [-0.1, -0.05) is 48.9 Å². The van der Waals surface area contributed by atoms with Gasteiger partial charge in [0.2, 0.25) is 35.1 Å². The molecule has 0 unspecified atom stereocenters. The first-order chi connectivity index (χ1) is 35.0. The second-order valence-electron chi connectivity index (χ2n) is 19.8. The van der Waals surface area contributed by atoms with Crippen LogP contribution in [0, 0.1) is 0 Å². The van der Waals surface area contributed by atoms with Crippen molar-refractivity contribution in [2.24, 2.45) is 0 Å². The largest absolute Gasteiger partial charge is 0.356 e. The minimum atomic E-state index is -0.543. The summed E-state index contributed by atoms with van der Waals surface area (Å²) in [6.45, 7) is 5.82. The molecule has 4 rings (SSSR count). The van der Waals surface area contributed by atoms with E-state index < -0.39 is 17.7 Å². The van der Waals surface area contributed by atoms with Crippen molar-refractivity contribution in [3.63, 3.8) is 0 Å². The highest BCUT2D eigenvalue weighted by Crippen LogP contribution is 2.45. The van der Waals surface area contributed by atoms with Gasteiger partial charge < -0.3 is 20.0 Å². The van der Waals surface area contributed by atoms with E-state index in [4.69, 9.17) is 0 Å². The highest BCUT2D eigenvalue weighted by molar-refractivity contribution is 8.03. The van der Waals surface area contributed by atoms with Gasteiger partial charge in [-0.25, -0.2) is 15.2 Å². The van der Waals surface area contributed by atoms with Crippen molar-refractivity contribution in [1.29, 1.82) is 0 Å². The van der Waals surface area contributed by atoms with Crippen LogP contribution in [0.3, 0.4) is 0 Å². The number of Topliss-reactive ketones (excluding diaryl/α,β-unsaturated/α-hetero) is 1. The summed E-state index contributed by atoms with van der Waals surface area (Å²) < 4.78 is 3.31. The number of nitrogens with one attached hydrogen (secondary N) is 2. The van der Waals surface area contributed by atoms with E-state index in [2.05, 4.69) is 108 Å². The molecule has 1 aromatic heterocycles. The van der Waals surface area contributed by atoms with Gasteiger partial charge >= 0.3 is 0 Å². The average molecular weight is 1030 g/mol. The van der Waals surface area contributed by atoms with E-state index in [0.29, 0.717) is 92.5 Å². The Morgan fingerprint density at radius 2 is 1.16 bits per heavy atom. The van der Waals surface area contributed by atoms with Gasteiger partial charge in [0.1, 0.15) is 5.78 Å². The predicted octanol–water partition coefficient (Wildman–Crippen LogP) is 8.02. The Labute approximate surface area is 437 Å². The van der Waals surface area contributed by atoms with E-state index >= 15 is 0 Å². The summed E-state index contributed by atoms with van der Waals surface area (Å²) in [6.07, 6.45) is 15.7. The molecular formula is C55H84N8O9S+2. The Bertz CT molecular complexity index is 2280. The van der Waals surface area contributed by atoms with Crippen LogP contribution in [0.25, 0.3) is 17.0 Å². The summed E-state index contributed by atoms with van der Waals surface area (Å²) in [7, 11) is 6.71. The lowest BCUT2D eigenvalue weighted by Gasteiger charge is -2.29. The van der Waals surface area contributed by atoms with Gasteiger partial charge in [0.25, 0.3) is 0 Å². The number of carbonyl (C=O) groups excluding carboxylic acids is 6. The maximum absolute atomic E-state index is 12.5. The Morgan fingerprint density at radius 3 is 1.84 bits per heavy atom. The molecule has 3 aromatic rings. The van der Waals surface area contributed by atoms with Crippen molar-refractivity contribution in [3.8, 4) is 0 Å². The van der Waals surface area contributed by atoms with Gasteiger partial charge in [-0.2, -0.15) is 4.57 Å². The molecule has 1 aliphatic rings. The fraction of sp³-hybridized carbons (Fsp3) is 0.582. The number of rotatable bonds is 36. The number of nitrogens with zero attached hydrogens (tertiary/aromatic N) is 6. The predicted molar refractivity (Wildman–Crippen MR) is 284 cm³/mol. The second kappa shape index (κ2) is 32.7. The number of aromatic nitrogens is 1. The van der Waals surface area contributed by atoms with Gasteiger partial charge in [-0.05, 0) is 100 Å². The highest BCUT2D eigenvalue weighted by Gasteiger charge is 2.23. The van der Waals surface area contributed by atoms with Gasteiger partial charge in [0, 0.05) is 102 Å². The van der Waals surface area contributed by atoms with Crippen molar-refractivity contribution in [2.75, 3.05) is 71.9 Å². The van der Waals surface area contributed by atoms with Crippen LogP contribution >= 0.6 is 11.8 Å². The molecular weight excluding hydrogens is 949 g/mol. The van der Waals surface area contributed by atoms with Crippen LogP contribution in [0.5, 0.6) is 0 Å². The monoisotopic (exact) mass is 1030 g/mol. The molecule has 0 aliphatic carbocycles. The SMILES string of the molecule is CC(=O)N(O)CCCCCNC(=O)CCC(=O)N(O)CCCCCCC(=O)CCC(=O)N(O)CCCCCNC(=O)CCCCC[N+](C)(C)CCC[n+]1ccc(/C=C2\Sc3ccccc3N2C)c2ccccc21.